The topological polar surface area (TPSA) is 49.3 Å². The largest absolute Gasteiger partial charge is 0.481 e. The van der Waals surface area contributed by atoms with Gasteiger partial charge in [0.25, 0.3) is 0 Å². The number of carbonyl (C=O) groups is 1. The standard InChI is InChI=1S/C15H16ClNO2S/c16-12-4-1-3-11(9-12)14-7-6-13(20-14)10-17-8-2-5-15(18)19/h1,3-4,6-7,9,17H,2,5,8,10H2,(H,18,19). The summed E-state index contributed by atoms with van der Waals surface area (Å²) in [5.74, 6) is -0.744. The highest BCUT2D eigenvalue weighted by molar-refractivity contribution is 7.15. The summed E-state index contributed by atoms with van der Waals surface area (Å²) >= 11 is 7.71. The smallest absolute Gasteiger partial charge is 0.303 e. The van der Waals surface area contributed by atoms with E-state index in [1.807, 2.05) is 24.3 Å². The average molecular weight is 310 g/mol. The van der Waals surface area contributed by atoms with Crippen LogP contribution in [0.5, 0.6) is 0 Å². The SMILES string of the molecule is O=C(O)CCCNCc1ccc(-c2cccc(Cl)c2)s1. The minimum absolute atomic E-state index is 0.213. The van der Waals surface area contributed by atoms with E-state index in [0.29, 0.717) is 6.42 Å². The van der Waals surface area contributed by atoms with Gasteiger partial charge in [0.1, 0.15) is 0 Å². The Kier molecular flexibility index (Phi) is 5.59. The first kappa shape index (κ1) is 15.0. The van der Waals surface area contributed by atoms with E-state index in [-0.39, 0.29) is 6.42 Å². The van der Waals surface area contributed by atoms with Gasteiger partial charge in [0.2, 0.25) is 0 Å². The molecule has 0 atom stereocenters. The van der Waals surface area contributed by atoms with Gasteiger partial charge < -0.3 is 10.4 Å². The fraction of sp³-hybridized carbons (Fsp3) is 0.267. The van der Waals surface area contributed by atoms with E-state index >= 15 is 0 Å². The highest BCUT2D eigenvalue weighted by Crippen LogP contribution is 2.29. The van der Waals surface area contributed by atoms with Gasteiger partial charge in [0.15, 0.2) is 0 Å². The van der Waals surface area contributed by atoms with E-state index in [1.54, 1.807) is 11.3 Å². The van der Waals surface area contributed by atoms with Crippen molar-refractivity contribution in [2.24, 2.45) is 0 Å². The third-order valence-corrected chi connectivity index (χ3v) is 4.18. The van der Waals surface area contributed by atoms with Crippen LogP contribution in [0.1, 0.15) is 17.7 Å². The zero-order valence-corrected chi connectivity index (χ0v) is 12.5. The predicted molar refractivity (Wildman–Crippen MR) is 83.3 cm³/mol. The second-order valence-electron chi connectivity index (χ2n) is 4.45. The van der Waals surface area contributed by atoms with Crippen molar-refractivity contribution in [2.75, 3.05) is 6.54 Å². The number of carboxylic acids is 1. The van der Waals surface area contributed by atoms with Gasteiger partial charge in [-0.05, 0) is 42.8 Å². The van der Waals surface area contributed by atoms with Crippen LogP contribution in [0.4, 0.5) is 0 Å². The number of hydrogen-bond acceptors (Lipinski definition) is 3. The first-order chi connectivity index (χ1) is 9.65. The molecule has 2 aromatic rings. The molecule has 0 aliphatic rings. The highest BCUT2D eigenvalue weighted by atomic mass is 35.5. The van der Waals surface area contributed by atoms with Gasteiger partial charge in [-0.15, -0.1) is 11.3 Å². The molecule has 0 unspecified atom stereocenters. The lowest BCUT2D eigenvalue weighted by atomic mass is 10.2. The summed E-state index contributed by atoms with van der Waals surface area (Å²) in [6.07, 6.45) is 0.868. The Bertz CT molecular complexity index is 583. The first-order valence-corrected chi connectivity index (χ1v) is 7.62. The molecule has 3 nitrogen and oxygen atoms in total. The molecule has 0 amide bonds. The number of rotatable bonds is 7. The van der Waals surface area contributed by atoms with Crippen LogP contribution in [0.2, 0.25) is 5.02 Å². The zero-order chi connectivity index (χ0) is 14.4. The van der Waals surface area contributed by atoms with Crippen LogP contribution in [0.15, 0.2) is 36.4 Å². The summed E-state index contributed by atoms with van der Waals surface area (Å²) in [5.41, 5.74) is 1.12. The normalized spacial score (nSPS) is 10.7. The fourth-order valence-electron chi connectivity index (χ4n) is 1.85. The lowest BCUT2D eigenvalue weighted by molar-refractivity contribution is -0.137. The van der Waals surface area contributed by atoms with Crippen LogP contribution in [0, 0.1) is 0 Å². The molecule has 0 fully saturated rings. The van der Waals surface area contributed by atoms with E-state index in [0.717, 1.165) is 23.7 Å². The minimum atomic E-state index is -0.744. The van der Waals surface area contributed by atoms with Crippen LogP contribution < -0.4 is 5.32 Å². The van der Waals surface area contributed by atoms with Crippen molar-refractivity contribution >= 4 is 28.9 Å². The predicted octanol–water partition coefficient (Wildman–Crippen LogP) is 4.02. The number of benzene rings is 1. The van der Waals surface area contributed by atoms with Crippen molar-refractivity contribution in [1.29, 1.82) is 0 Å². The number of thiophene rings is 1. The van der Waals surface area contributed by atoms with Gasteiger partial charge >= 0.3 is 5.97 Å². The van der Waals surface area contributed by atoms with E-state index < -0.39 is 5.97 Å². The highest BCUT2D eigenvalue weighted by Gasteiger charge is 2.03. The second kappa shape index (κ2) is 7.43. The summed E-state index contributed by atoms with van der Waals surface area (Å²) < 4.78 is 0. The molecule has 2 N–H and O–H groups in total. The number of aliphatic carboxylic acids is 1. The van der Waals surface area contributed by atoms with Crippen LogP contribution in [-0.2, 0) is 11.3 Å². The number of hydrogen-bond donors (Lipinski definition) is 2. The molecule has 0 radical (unpaired) electrons. The van der Waals surface area contributed by atoms with Crippen molar-refractivity contribution in [3.05, 3.63) is 46.3 Å². The van der Waals surface area contributed by atoms with E-state index in [1.165, 1.54) is 9.75 Å². The van der Waals surface area contributed by atoms with Crippen LogP contribution in [0.25, 0.3) is 10.4 Å². The monoisotopic (exact) mass is 309 g/mol. The maximum absolute atomic E-state index is 10.4. The second-order valence-corrected chi connectivity index (χ2v) is 6.06. The number of carboxylic acid groups (broad SMARTS) is 1. The zero-order valence-electron chi connectivity index (χ0n) is 10.9. The Morgan fingerprint density at radius 1 is 1.30 bits per heavy atom. The van der Waals surface area contributed by atoms with Crippen LogP contribution in [0.3, 0.4) is 0 Å². The van der Waals surface area contributed by atoms with Crippen molar-refractivity contribution in [3.8, 4) is 10.4 Å². The average Bonchev–Trinajstić information content (AvgIpc) is 2.87. The maximum Gasteiger partial charge on any atom is 0.303 e. The molecule has 1 heterocycles. The maximum atomic E-state index is 10.4. The van der Waals surface area contributed by atoms with Gasteiger partial charge in [-0.3, -0.25) is 4.79 Å². The lowest BCUT2D eigenvalue weighted by Crippen LogP contribution is -2.14. The summed E-state index contributed by atoms with van der Waals surface area (Å²) in [7, 11) is 0. The summed E-state index contributed by atoms with van der Waals surface area (Å²) in [4.78, 5) is 12.8. The molecule has 20 heavy (non-hydrogen) atoms. The molecule has 2 rings (SSSR count). The molecule has 0 saturated carbocycles. The third-order valence-electron chi connectivity index (χ3n) is 2.81. The molecule has 0 aliphatic heterocycles. The van der Waals surface area contributed by atoms with E-state index in [4.69, 9.17) is 16.7 Å². The van der Waals surface area contributed by atoms with Gasteiger partial charge in [-0.25, -0.2) is 0 Å². The number of nitrogens with one attached hydrogen (secondary N) is 1. The molecule has 5 heteroatoms. The molecule has 0 saturated heterocycles. The third kappa shape index (κ3) is 4.63. The van der Waals surface area contributed by atoms with Crippen molar-refractivity contribution in [3.63, 3.8) is 0 Å². The molecule has 0 bridgehead atoms. The van der Waals surface area contributed by atoms with Crippen molar-refractivity contribution in [1.82, 2.24) is 5.32 Å². The molecule has 1 aromatic carbocycles. The van der Waals surface area contributed by atoms with Gasteiger partial charge in [0.05, 0.1) is 0 Å². The first-order valence-electron chi connectivity index (χ1n) is 6.42. The quantitative estimate of drug-likeness (QED) is 0.759. The summed E-state index contributed by atoms with van der Waals surface area (Å²) in [5, 5.41) is 12.5. The fourth-order valence-corrected chi connectivity index (χ4v) is 3.01. The summed E-state index contributed by atoms with van der Waals surface area (Å²) in [6, 6.07) is 12.0. The molecule has 0 aliphatic carbocycles. The Balaban J connectivity index is 1.85. The Hall–Kier alpha value is -1.36. The molecule has 1 aromatic heterocycles. The van der Waals surface area contributed by atoms with Crippen molar-refractivity contribution in [2.45, 2.75) is 19.4 Å². The van der Waals surface area contributed by atoms with Gasteiger partial charge in [-0.1, -0.05) is 23.7 Å². The minimum Gasteiger partial charge on any atom is -0.481 e. The Morgan fingerprint density at radius 2 is 2.15 bits per heavy atom. The van der Waals surface area contributed by atoms with E-state index in [2.05, 4.69) is 17.4 Å². The van der Waals surface area contributed by atoms with Gasteiger partial charge in [-0.2, -0.15) is 0 Å². The summed E-state index contributed by atoms with van der Waals surface area (Å²) in [6.45, 7) is 1.49. The molecular formula is C15H16ClNO2S. The van der Waals surface area contributed by atoms with Crippen LogP contribution >= 0.6 is 22.9 Å². The van der Waals surface area contributed by atoms with Crippen LogP contribution in [-0.4, -0.2) is 17.6 Å². The molecule has 106 valence electrons. The molecular weight excluding hydrogens is 294 g/mol. The molecule has 0 spiro atoms. The lowest BCUT2D eigenvalue weighted by Gasteiger charge is -2.01. The Morgan fingerprint density at radius 3 is 2.90 bits per heavy atom. The number of halogens is 1. The van der Waals surface area contributed by atoms with E-state index in [9.17, 15) is 4.79 Å². The van der Waals surface area contributed by atoms with Gasteiger partial charge in [0, 0.05) is 27.7 Å². The van der Waals surface area contributed by atoms with Crippen molar-refractivity contribution < 1.29 is 9.90 Å². The Labute approximate surface area is 127 Å².